The lowest BCUT2D eigenvalue weighted by atomic mass is 10.1. The average molecular weight is 477 g/mol. The van der Waals surface area contributed by atoms with Crippen LogP contribution in [-0.4, -0.2) is 54.5 Å². The van der Waals surface area contributed by atoms with Gasteiger partial charge in [-0.1, -0.05) is 12.1 Å². The molecule has 3 aromatic rings. The Kier molecular flexibility index (Phi) is 8.39. The molecule has 0 bridgehead atoms. The fourth-order valence-electron chi connectivity index (χ4n) is 3.15. The van der Waals surface area contributed by atoms with Gasteiger partial charge in [0, 0.05) is 43.6 Å². The molecule has 34 heavy (non-hydrogen) atoms. The summed E-state index contributed by atoms with van der Waals surface area (Å²) in [4.78, 5) is 25.2. The second-order valence-electron chi connectivity index (χ2n) is 7.18. The highest BCUT2D eigenvalue weighted by atomic mass is 19.2. The van der Waals surface area contributed by atoms with Crippen LogP contribution in [0, 0.1) is 17.5 Å². The maximum Gasteiger partial charge on any atom is 0.411 e. The molecule has 3 rings (SSSR count). The van der Waals surface area contributed by atoms with Crippen molar-refractivity contribution in [2.75, 3.05) is 38.4 Å². The summed E-state index contributed by atoms with van der Waals surface area (Å²) in [6.07, 6.45) is 0.0646. The van der Waals surface area contributed by atoms with Crippen molar-refractivity contribution in [3.8, 4) is 5.69 Å². The summed E-state index contributed by atoms with van der Waals surface area (Å²) in [6.45, 7) is 0.968. The maximum atomic E-state index is 13.6. The van der Waals surface area contributed by atoms with Crippen LogP contribution in [0.3, 0.4) is 0 Å². The van der Waals surface area contributed by atoms with Gasteiger partial charge in [-0.2, -0.15) is 5.10 Å². The van der Waals surface area contributed by atoms with Gasteiger partial charge in [0.05, 0.1) is 32.1 Å². The first-order valence-electron chi connectivity index (χ1n) is 10.2. The summed E-state index contributed by atoms with van der Waals surface area (Å²) in [7, 11) is 1.53. The van der Waals surface area contributed by atoms with Crippen LogP contribution in [0.4, 0.5) is 23.7 Å². The molecule has 1 heterocycles. The molecule has 1 amide bonds. The van der Waals surface area contributed by atoms with Crippen LogP contribution in [0.5, 0.6) is 0 Å². The van der Waals surface area contributed by atoms with Crippen LogP contribution >= 0.6 is 0 Å². The van der Waals surface area contributed by atoms with Crippen molar-refractivity contribution in [2.45, 2.75) is 6.42 Å². The normalized spacial score (nSPS) is 10.9. The Bertz CT molecular complexity index is 1200. The molecular formula is C23H22F3N3O5. The molecule has 2 aromatic carbocycles. The molecule has 0 aliphatic heterocycles. The molecule has 11 heteroatoms. The van der Waals surface area contributed by atoms with E-state index in [1.807, 2.05) is 0 Å². The lowest BCUT2D eigenvalue weighted by molar-refractivity contribution is 0.0738. The van der Waals surface area contributed by atoms with Gasteiger partial charge in [0.2, 0.25) is 5.43 Å². The highest BCUT2D eigenvalue weighted by Crippen LogP contribution is 2.19. The Morgan fingerprint density at radius 1 is 1.09 bits per heavy atom. The molecule has 0 fully saturated rings. The monoisotopic (exact) mass is 477 g/mol. The number of hydrogen-bond acceptors (Lipinski definition) is 5. The average Bonchev–Trinajstić information content (AvgIpc) is 2.81. The van der Waals surface area contributed by atoms with E-state index < -0.39 is 29.0 Å². The van der Waals surface area contributed by atoms with Gasteiger partial charge < -0.3 is 14.6 Å². The van der Waals surface area contributed by atoms with Gasteiger partial charge in [0.1, 0.15) is 5.69 Å². The third kappa shape index (κ3) is 6.21. The second-order valence-corrected chi connectivity index (χ2v) is 7.18. The molecule has 8 nitrogen and oxygen atoms in total. The van der Waals surface area contributed by atoms with Gasteiger partial charge >= 0.3 is 6.09 Å². The number of carboxylic acid groups (broad SMARTS) is 1. The molecule has 0 atom stereocenters. The molecule has 0 spiro atoms. The Hall–Kier alpha value is -3.70. The van der Waals surface area contributed by atoms with Crippen LogP contribution in [0.15, 0.2) is 53.5 Å². The van der Waals surface area contributed by atoms with E-state index in [1.165, 1.54) is 19.4 Å². The molecule has 0 saturated heterocycles. The van der Waals surface area contributed by atoms with E-state index in [0.717, 1.165) is 21.7 Å². The van der Waals surface area contributed by atoms with Crippen molar-refractivity contribution in [3.05, 3.63) is 87.6 Å². The highest BCUT2D eigenvalue weighted by molar-refractivity contribution is 5.86. The summed E-state index contributed by atoms with van der Waals surface area (Å²) < 4.78 is 51.7. The molecular weight excluding hydrogens is 455 g/mol. The van der Waals surface area contributed by atoms with E-state index in [2.05, 4.69) is 5.10 Å². The van der Waals surface area contributed by atoms with E-state index in [1.54, 1.807) is 24.3 Å². The van der Waals surface area contributed by atoms with Gasteiger partial charge in [-0.05, 0) is 17.7 Å². The molecule has 0 aliphatic carbocycles. The van der Waals surface area contributed by atoms with Crippen molar-refractivity contribution >= 4 is 11.8 Å². The standard InChI is InChI=1S/C23H22F3N3O5/c1-33-9-10-34-8-7-28(23(31)32)16-4-2-3-15(11-16)12-20-21(30)5-6-29(27-20)17-13-18(24)22(26)19(25)14-17/h2-6,11,13-14H,7-10,12H2,1H3,(H,31,32). The van der Waals surface area contributed by atoms with Crippen LogP contribution < -0.4 is 10.3 Å². The Balaban J connectivity index is 1.82. The Labute approximate surface area is 192 Å². The number of anilines is 1. The zero-order valence-electron chi connectivity index (χ0n) is 18.2. The summed E-state index contributed by atoms with van der Waals surface area (Å²) in [5, 5.41) is 13.7. The number of nitrogens with zero attached hydrogens (tertiary/aromatic N) is 3. The van der Waals surface area contributed by atoms with E-state index in [-0.39, 0.29) is 31.0 Å². The van der Waals surface area contributed by atoms with E-state index >= 15 is 0 Å². The van der Waals surface area contributed by atoms with Gasteiger partial charge in [-0.25, -0.2) is 22.6 Å². The predicted octanol–water partition coefficient (Wildman–Crippen LogP) is 3.39. The van der Waals surface area contributed by atoms with Crippen LogP contribution in [-0.2, 0) is 15.9 Å². The van der Waals surface area contributed by atoms with Gasteiger partial charge in [0.15, 0.2) is 17.5 Å². The minimum atomic E-state index is -1.60. The van der Waals surface area contributed by atoms with Crippen molar-refractivity contribution in [3.63, 3.8) is 0 Å². The molecule has 1 N–H and O–H groups in total. The number of ether oxygens (including phenoxy) is 2. The molecule has 180 valence electrons. The molecule has 1 aromatic heterocycles. The zero-order valence-corrected chi connectivity index (χ0v) is 18.2. The number of carbonyl (C=O) groups is 1. The Morgan fingerprint density at radius 3 is 2.50 bits per heavy atom. The van der Waals surface area contributed by atoms with Crippen LogP contribution in [0.2, 0.25) is 0 Å². The number of benzene rings is 2. The first-order valence-corrected chi connectivity index (χ1v) is 10.2. The first kappa shape index (κ1) is 24.9. The number of halogens is 3. The van der Waals surface area contributed by atoms with Crippen molar-refractivity contribution in [2.24, 2.45) is 0 Å². The summed E-state index contributed by atoms with van der Waals surface area (Å²) >= 11 is 0. The number of aromatic nitrogens is 2. The summed E-state index contributed by atoms with van der Waals surface area (Å²) in [5.74, 6) is -4.37. The number of amides is 1. The highest BCUT2D eigenvalue weighted by Gasteiger charge is 2.16. The van der Waals surface area contributed by atoms with Crippen molar-refractivity contribution < 1.29 is 32.5 Å². The summed E-state index contributed by atoms with van der Waals surface area (Å²) in [5.41, 5.74) is 0.486. The number of methoxy groups -OCH3 is 1. The Morgan fingerprint density at radius 2 is 1.82 bits per heavy atom. The summed E-state index contributed by atoms with van der Waals surface area (Å²) in [6, 6.07) is 9.23. The quantitative estimate of drug-likeness (QED) is 0.356. The van der Waals surface area contributed by atoms with Crippen molar-refractivity contribution in [1.29, 1.82) is 0 Å². The van der Waals surface area contributed by atoms with Crippen molar-refractivity contribution in [1.82, 2.24) is 9.78 Å². The minimum Gasteiger partial charge on any atom is -0.465 e. The van der Waals surface area contributed by atoms with Crippen LogP contribution in [0.25, 0.3) is 5.69 Å². The van der Waals surface area contributed by atoms with E-state index in [9.17, 15) is 27.9 Å². The minimum absolute atomic E-state index is 0.0253. The molecule has 0 aliphatic rings. The van der Waals surface area contributed by atoms with E-state index in [4.69, 9.17) is 9.47 Å². The lowest BCUT2D eigenvalue weighted by Gasteiger charge is -2.20. The smallest absolute Gasteiger partial charge is 0.411 e. The van der Waals surface area contributed by atoms with Gasteiger partial charge in [-0.3, -0.25) is 9.69 Å². The topological polar surface area (TPSA) is 93.9 Å². The third-order valence-electron chi connectivity index (χ3n) is 4.83. The SMILES string of the molecule is COCCOCCN(C(=O)O)c1cccc(Cc2nn(-c3cc(F)c(F)c(F)c3)ccc2=O)c1. The number of hydrogen-bond donors (Lipinski definition) is 1. The largest absolute Gasteiger partial charge is 0.465 e. The lowest BCUT2D eigenvalue weighted by Crippen LogP contribution is -2.33. The third-order valence-corrected chi connectivity index (χ3v) is 4.83. The maximum absolute atomic E-state index is 13.6. The van der Waals surface area contributed by atoms with Gasteiger partial charge in [0.25, 0.3) is 0 Å². The van der Waals surface area contributed by atoms with Gasteiger partial charge in [-0.15, -0.1) is 0 Å². The fourth-order valence-corrected chi connectivity index (χ4v) is 3.15. The number of rotatable bonds is 10. The second kappa shape index (κ2) is 11.4. The predicted molar refractivity (Wildman–Crippen MR) is 117 cm³/mol. The molecule has 0 saturated carbocycles. The molecule has 0 radical (unpaired) electrons. The molecule has 0 unspecified atom stereocenters. The zero-order chi connectivity index (χ0) is 24.7. The first-order chi connectivity index (χ1) is 16.3. The van der Waals surface area contributed by atoms with E-state index in [0.29, 0.717) is 24.5 Å². The fraction of sp³-hybridized carbons (Fsp3) is 0.261. The van der Waals surface area contributed by atoms with Crippen LogP contribution in [0.1, 0.15) is 11.3 Å².